The largest absolute Gasteiger partial charge is 0.498 e. The second kappa shape index (κ2) is 11.9. The number of rotatable bonds is 11. The summed E-state index contributed by atoms with van der Waals surface area (Å²) in [7, 11) is 1.36. The molecule has 0 radical (unpaired) electrons. The zero-order chi connectivity index (χ0) is 27.2. The molecule has 2 atom stereocenters. The number of fused-ring (bicyclic) bond motifs is 1. The van der Waals surface area contributed by atoms with E-state index in [4.69, 9.17) is 23.7 Å². The molecule has 14 nitrogen and oxygen atoms in total. The molecule has 0 saturated carbocycles. The number of carbonyl (C=O) groups excluding carboxylic acids is 3. The van der Waals surface area contributed by atoms with E-state index in [9.17, 15) is 23.9 Å². The third kappa shape index (κ3) is 7.10. The highest BCUT2D eigenvalue weighted by atomic mass is 19.1. The summed E-state index contributed by atoms with van der Waals surface area (Å²) < 4.78 is 41.4. The van der Waals surface area contributed by atoms with Gasteiger partial charge in [0.2, 0.25) is 0 Å². The van der Waals surface area contributed by atoms with E-state index in [0.717, 1.165) is 0 Å². The number of allylic oxidation sites excluding steroid dienone is 1. The predicted octanol–water partition coefficient (Wildman–Crippen LogP) is 1.95. The standard InChI is InChI=1S/C22H28FN5O9/c1-12(33-4)14(35-11-30)9-34-16(31)7-22(2,3)37-21(32)26-18-17-19(27-20(23)25-18)28(10-24-17)15-6-5-13(8-29)36-15/h10-11,13,15,29H,5-9H2,1-4H3,(H,25,26,27,32)/b14-12-. The maximum atomic E-state index is 14.2. The first kappa shape index (κ1) is 27.7. The summed E-state index contributed by atoms with van der Waals surface area (Å²) in [6, 6.07) is 0. The van der Waals surface area contributed by atoms with Crippen molar-refractivity contribution in [1.29, 1.82) is 0 Å². The Kier molecular flexibility index (Phi) is 8.94. The van der Waals surface area contributed by atoms with Crippen molar-refractivity contribution in [3.05, 3.63) is 23.9 Å². The molecule has 0 bridgehead atoms. The molecule has 0 aromatic carbocycles. The first-order valence-corrected chi connectivity index (χ1v) is 11.2. The summed E-state index contributed by atoms with van der Waals surface area (Å²) in [6.07, 6.45) is -0.809. The summed E-state index contributed by atoms with van der Waals surface area (Å²) in [5.41, 5.74) is -1.16. The van der Waals surface area contributed by atoms with Gasteiger partial charge in [0.15, 0.2) is 29.3 Å². The van der Waals surface area contributed by atoms with Gasteiger partial charge in [-0.3, -0.25) is 19.5 Å². The molecule has 1 aliphatic heterocycles. The summed E-state index contributed by atoms with van der Waals surface area (Å²) in [4.78, 5) is 46.9. The molecule has 15 heteroatoms. The van der Waals surface area contributed by atoms with E-state index >= 15 is 0 Å². The summed E-state index contributed by atoms with van der Waals surface area (Å²) in [5.74, 6) is -0.738. The third-order valence-electron chi connectivity index (χ3n) is 5.41. The number of aromatic nitrogens is 4. The van der Waals surface area contributed by atoms with Crippen molar-refractivity contribution in [3.8, 4) is 0 Å². The fraction of sp³-hybridized carbons (Fsp3) is 0.545. The third-order valence-corrected chi connectivity index (χ3v) is 5.41. The number of anilines is 1. The minimum Gasteiger partial charge on any atom is -0.498 e. The molecule has 1 amide bonds. The molecular formula is C22H28FN5O9. The van der Waals surface area contributed by atoms with Crippen LogP contribution >= 0.6 is 0 Å². The van der Waals surface area contributed by atoms with E-state index in [1.54, 1.807) is 0 Å². The number of amides is 1. The minimum atomic E-state index is -1.34. The molecule has 202 valence electrons. The smallest absolute Gasteiger partial charge is 0.413 e. The Morgan fingerprint density at radius 1 is 1.35 bits per heavy atom. The van der Waals surface area contributed by atoms with Crippen LogP contribution in [-0.4, -0.2) is 75.2 Å². The lowest BCUT2D eigenvalue weighted by atomic mass is 10.1. The first-order valence-electron chi connectivity index (χ1n) is 11.2. The first-order chi connectivity index (χ1) is 17.6. The van der Waals surface area contributed by atoms with E-state index in [1.165, 1.54) is 38.8 Å². The van der Waals surface area contributed by atoms with Gasteiger partial charge in [-0.05, 0) is 33.6 Å². The molecule has 1 saturated heterocycles. The topological polar surface area (TPSA) is 173 Å². The fourth-order valence-electron chi connectivity index (χ4n) is 3.56. The highest BCUT2D eigenvalue weighted by Crippen LogP contribution is 2.31. The second-order valence-electron chi connectivity index (χ2n) is 8.65. The van der Waals surface area contributed by atoms with Gasteiger partial charge in [0, 0.05) is 0 Å². The van der Waals surface area contributed by atoms with Crippen molar-refractivity contribution >= 4 is 35.5 Å². The number of aliphatic hydroxyl groups excluding tert-OH is 1. The lowest BCUT2D eigenvalue weighted by molar-refractivity contribution is -0.149. The van der Waals surface area contributed by atoms with Crippen molar-refractivity contribution in [1.82, 2.24) is 19.5 Å². The van der Waals surface area contributed by atoms with Crippen molar-refractivity contribution in [2.45, 2.75) is 58.0 Å². The van der Waals surface area contributed by atoms with Gasteiger partial charge in [-0.15, -0.1) is 0 Å². The van der Waals surface area contributed by atoms with Gasteiger partial charge in [-0.2, -0.15) is 14.4 Å². The van der Waals surface area contributed by atoms with Crippen molar-refractivity contribution in [2.75, 3.05) is 25.6 Å². The Balaban J connectivity index is 1.64. The number of hydrogen-bond donors (Lipinski definition) is 2. The van der Waals surface area contributed by atoms with E-state index < -0.39 is 30.0 Å². The Hall–Kier alpha value is -3.85. The number of imidazole rings is 1. The molecule has 2 aromatic heterocycles. The molecule has 1 aliphatic rings. The van der Waals surface area contributed by atoms with Crippen molar-refractivity contribution < 1.29 is 47.6 Å². The van der Waals surface area contributed by atoms with Crippen LogP contribution in [0.25, 0.3) is 11.2 Å². The van der Waals surface area contributed by atoms with E-state index in [1.807, 2.05) is 0 Å². The second-order valence-corrected chi connectivity index (χ2v) is 8.65. The number of ether oxygens (including phenoxy) is 5. The number of aliphatic hydroxyl groups is 1. The normalized spacial score (nSPS) is 18.2. The van der Waals surface area contributed by atoms with Crippen LogP contribution in [0, 0.1) is 6.08 Å². The van der Waals surface area contributed by atoms with Gasteiger partial charge in [0.25, 0.3) is 6.47 Å². The van der Waals surface area contributed by atoms with E-state index in [0.29, 0.717) is 12.8 Å². The van der Waals surface area contributed by atoms with Gasteiger partial charge in [-0.25, -0.2) is 9.78 Å². The van der Waals surface area contributed by atoms with Crippen LogP contribution in [0.3, 0.4) is 0 Å². The number of esters is 1. The number of hydrogen-bond acceptors (Lipinski definition) is 12. The molecule has 2 aromatic rings. The van der Waals surface area contributed by atoms with Crippen LogP contribution in [0.5, 0.6) is 0 Å². The van der Waals surface area contributed by atoms with Crippen LogP contribution in [0.2, 0.25) is 0 Å². The van der Waals surface area contributed by atoms with Crippen LogP contribution < -0.4 is 5.32 Å². The quantitative estimate of drug-likeness (QED) is 0.144. The highest BCUT2D eigenvalue weighted by molar-refractivity contribution is 5.93. The lowest BCUT2D eigenvalue weighted by Crippen LogP contribution is -2.34. The highest BCUT2D eigenvalue weighted by Gasteiger charge is 2.30. The number of halogens is 1. The van der Waals surface area contributed by atoms with Crippen molar-refractivity contribution in [2.24, 2.45) is 0 Å². The summed E-state index contributed by atoms with van der Waals surface area (Å²) in [5, 5.41) is 11.6. The van der Waals surface area contributed by atoms with Crippen LogP contribution in [-0.2, 0) is 33.3 Å². The van der Waals surface area contributed by atoms with Crippen LogP contribution in [0.4, 0.5) is 15.0 Å². The predicted molar refractivity (Wildman–Crippen MR) is 122 cm³/mol. The summed E-state index contributed by atoms with van der Waals surface area (Å²) in [6.45, 7) is 4.10. The Bertz CT molecular complexity index is 1180. The molecule has 2 N–H and O–H groups in total. The number of carbonyl (C=O) groups is 3. The molecule has 1 fully saturated rings. The Morgan fingerprint density at radius 3 is 2.76 bits per heavy atom. The Morgan fingerprint density at radius 2 is 2.11 bits per heavy atom. The van der Waals surface area contributed by atoms with Crippen LogP contribution in [0.15, 0.2) is 17.8 Å². The number of nitrogens with zero attached hydrogens (tertiary/aromatic N) is 4. The zero-order valence-electron chi connectivity index (χ0n) is 20.7. The maximum Gasteiger partial charge on any atom is 0.413 e. The molecular weight excluding hydrogens is 497 g/mol. The minimum absolute atomic E-state index is 0.00597. The van der Waals surface area contributed by atoms with E-state index in [2.05, 4.69) is 20.3 Å². The van der Waals surface area contributed by atoms with Crippen molar-refractivity contribution in [3.63, 3.8) is 0 Å². The van der Waals surface area contributed by atoms with Gasteiger partial charge in [0.1, 0.15) is 17.6 Å². The molecule has 3 heterocycles. The average molecular weight is 525 g/mol. The lowest BCUT2D eigenvalue weighted by Gasteiger charge is -2.24. The van der Waals surface area contributed by atoms with Gasteiger partial charge in [0.05, 0.1) is 32.6 Å². The summed E-state index contributed by atoms with van der Waals surface area (Å²) >= 11 is 0. The monoisotopic (exact) mass is 525 g/mol. The van der Waals surface area contributed by atoms with Crippen LogP contribution in [0.1, 0.15) is 46.3 Å². The number of methoxy groups -OCH3 is 1. The van der Waals surface area contributed by atoms with E-state index in [-0.39, 0.29) is 60.7 Å². The molecule has 2 unspecified atom stereocenters. The van der Waals surface area contributed by atoms with Gasteiger partial charge >= 0.3 is 18.1 Å². The molecule has 0 spiro atoms. The molecule has 3 rings (SSSR count). The number of nitrogens with one attached hydrogen (secondary N) is 1. The zero-order valence-corrected chi connectivity index (χ0v) is 20.7. The SMILES string of the molecule is CO/C(C)=C(/COC(=O)CC(C)(C)OC(=O)Nc1nc(F)nc2c1ncn2C1CCC(CO)O1)OC=O. The molecule has 37 heavy (non-hydrogen) atoms. The van der Waals surface area contributed by atoms with Gasteiger partial charge < -0.3 is 28.8 Å². The fourth-order valence-corrected chi connectivity index (χ4v) is 3.56. The molecule has 0 aliphatic carbocycles. The average Bonchev–Trinajstić information content (AvgIpc) is 3.47. The Labute approximate surface area is 210 Å². The maximum absolute atomic E-state index is 14.2. The van der Waals surface area contributed by atoms with Gasteiger partial charge in [-0.1, -0.05) is 0 Å².